The lowest BCUT2D eigenvalue weighted by molar-refractivity contribution is -0.127. The van der Waals surface area contributed by atoms with E-state index in [-0.39, 0.29) is 11.3 Å². The first kappa shape index (κ1) is 13.1. The Morgan fingerprint density at radius 3 is 2.83 bits per heavy atom. The molecule has 0 atom stereocenters. The maximum absolute atomic E-state index is 12.5. The molecule has 2 heterocycles. The molecule has 0 saturated carbocycles. The topological polar surface area (TPSA) is 59.0 Å². The Kier molecular flexibility index (Phi) is 4.01. The van der Waals surface area contributed by atoms with E-state index >= 15 is 0 Å². The quantitative estimate of drug-likeness (QED) is 0.852. The zero-order valence-electron chi connectivity index (χ0n) is 11.2. The summed E-state index contributed by atoms with van der Waals surface area (Å²) in [4.78, 5) is 12.5. The van der Waals surface area contributed by atoms with Crippen molar-refractivity contribution >= 4 is 11.7 Å². The SMILES string of the molecule is CCCC1(C(=O)Nc2ccn(C)n2)CCNCC1. The molecule has 2 N–H and O–H groups in total. The summed E-state index contributed by atoms with van der Waals surface area (Å²) in [5.41, 5.74) is -0.211. The highest BCUT2D eigenvalue weighted by molar-refractivity contribution is 5.94. The summed E-state index contributed by atoms with van der Waals surface area (Å²) >= 11 is 0. The van der Waals surface area contributed by atoms with Gasteiger partial charge in [0.05, 0.1) is 5.41 Å². The van der Waals surface area contributed by atoms with Gasteiger partial charge in [-0.05, 0) is 32.4 Å². The number of anilines is 1. The Balaban J connectivity index is 2.08. The molecule has 18 heavy (non-hydrogen) atoms. The van der Waals surface area contributed by atoms with Gasteiger partial charge in [0.2, 0.25) is 5.91 Å². The molecule has 1 fully saturated rings. The molecule has 1 aromatic rings. The largest absolute Gasteiger partial charge is 0.317 e. The van der Waals surface area contributed by atoms with Crippen molar-refractivity contribution in [1.82, 2.24) is 15.1 Å². The third-order valence-corrected chi connectivity index (χ3v) is 3.73. The minimum Gasteiger partial charge on any atom is -0.317 e. The minimum absolute atomic E-state index is 0.129. The molecule has 1 aromatic heterocycles. The van der Waals surface area contributed by atoms with E-state index in [2.05, 4.69) is 22.7 Å². The average Bonchev–Trinajstić information content (AvgIpc) is 2.76. The average molecular weight is 250 g/mol. The van der Waals surface area contributed by atoms with Crippen molar-refractivity contribution in [3.05, 3.63) is 12.3 Å². The van der Waals surface area contributed by atoms with Crippen molar-refractivity contribution < 1.29 is 4.79 Å². The number of nitrogens with one attached hydrogen (secondary N) is 2. The second-order valence-electron chi connectivity index (χ2n) is 5.11. The van der Waals surface area contributed by atoms with Crippen molar-refractivity contribution in [2.24, 2.45) is 12.5 Å². The fourth-order valence-corrected chi connectivity index (χ4v) is 2.71. The molecule has 2 rings (SSSR count). The van der Waals surface area contributed by atoms with Gasteiger partial charge < -0.3 is 10.6 Å². The molecule has 1 aliphatic heterocycles. The van der Waals surface area contributed by atoms with Crippen LogP contribution < -0.4 is 10.6 Å². The Bertz CT molecular complexity index is 401. The zero-order valence-corrected chi connectivity index (χ0v) is 11.2. The summed E-state index contributed by atoms with van der Waals surface area (Å²) in [6, 6.07) is 1.83. The molecular formula is C13H22N4O. The van der Waals surface area contributed by atoms with Crippen LogP contribution in [0.1, 0.15) is 32.6 Å². The normalized spacial score (nSPS) is 18.6. The highest BCUT2D eigenvalue weighted by Gasteiger charge is 2.38. The van der Waals surface area contributed by atoms with Crippen molar-refractivity contribution in [3.63, 3.8) is 0 Å². The third-order valence-electron chi connectivity index (χ3n) is 3.73. The van der Waals surface area contributed by atoms with Crippen LogP contribution in [0.5, 0.6) is 0 Å². The van der Waals surface area contributed by atoms with Crippen LogP contribution in [0.2, 0.25) is 0 Å². The number of hydrogen-bond donors (Lipinski definition) is 2. The first-order valence-corrected chi connectivity index (χ1v) is 6.68. The molecule has 1 amide bonds. The molecule has 0 unspecified atom stereocenters. The van der Waals surface area contributed by atoms with Gasteiger partial charge in [0.1, 0.15) is 0 Å². The van der Waals surface area contributed by atoms with E-state index in [0.717, 1.165) is 38.8 Å². The number of rotatable bonds is 4. The molecule has 0 aromatic carbocycles. The van der Waals surface area contributed by atoms with Crippen LogP contribution in [0, 0.1) is 5.41 Å². The Labute approximate surface area is 108 Å². The van der Waals surface area contributed by atoms with E-state index in [1.54, 1.807) is 4.68 Å². The van der Waals surface area contributed by atoms with Crippen molar-refractivity contribution in [2.45, 2.75) is 32.6 Å². The first-order valence-electron chi connectivity index (χ1n) is 6.68. The number of aromatic nitrogens is 2. The summed E-state index contributed by atoms with van der Waals surface area (Å²) < 4.78 is 1.70. The van der Waals surface area contributed by atoms with Crippen LogP contribution >= 0.6 is 0 Å². The summed E-state index contributed by atoms with van der Waals surface area (Å²) in [5.74, 6) is 0.779. The van der Waals surface area contributed by atoms with Gasteiger partial charge in [0, 0.05) is 19.3 Å². The summed E-state index contributed by atoms with van der Waals surface area (Å²) in [7, 11) is 1.85. The second-order valence-corrected chi connectivity index (χ2v) is 5.11. The maximum Gasteiger partial charge on any atom is 0.231 e. The molecule has 0 spiro atoms. The Morgan fingerprint density at radius 2 is 2.28 bits per heavy atom. The van der Waals surface area contributed by atoms with Gasteiger partial charge in [-0.25, -0.2) is 0 Å². The van der Waals surface area contributed by atoms with Gasteiger partial charge in [-0.1, -0.05) is 13.3 Å². The lowest BCUT2D eigenvalue weighted by atomic mass is 9.74. The van der Waals surface area contributed by atoms with E-state index in [0.29, 0.717) is 5.82 Å². The van der Waals surface area contributed by atoms with Gasteiger partial charge in [-0.15, -0.1) is 0 Å². The van der Waals surface area contributed by atoms with Gasteiger partial charge in [-0.2, -0.15) is 5.10 Å². The summed E-state index contributed by atoms with van der Waals surface area (Å²) in [6.07, 6.45) is 5.66. The molecule has 0 radical (unpaired) electrons. The number of piperidine rings is 1. The standard InChI is InChI=1S/C13H22N4O/c1-3-5-13(6-8-14-9-7-13)12(18)15-11-4-10-17(2)16-11/h4,10,14H,3,5-9H2,1-2H3,(H,15,16,18). The van der Waals surface area contributed by atoms with Crippen LogP contribution in [-0.2, 0) is 11.8 Å². The number of hydrogen-bond acceptors (Lipinski definition) is 3. The summed E-state index contributed by atoms with van der Waals surface area (Å²) in [6.45, 7) is 3.99. The molecule has 100 valence electrons. The van der Waals surface area contributed by atoms with Crippen LogP contribution in [0.4, 0.5) is 5.82 Å². The van der Waals surface area contributed by atoms with Gasteiger partial charge in [0.25, 0.3) is 0 Å². The van der Waals surface area contributed by atoms with E-state index < -0.39 is 0 Å². The smallest absolute Gasteiger partial charge is 0.231 e. The van der Waals surface area contributed by atoms with Crippen LogP contribution in [0.15, 0.2) is 12.3 Å². The lowest BCUT2D eigenvalue weighted by Crippen LogP contribution is -2.44. The number of carbonyl (C=O) groups excluding carboxylic acids is 1. The highest BCUT2D eigenvalue weighted by Crippen LogP contribution is 2.35. The number of amides is 1. The first-order chi connectivity index (χ1) is 8.66. The highest BCUT2D eigenvalue weighted by atomic mass is 16.2. The van der Waals surface area contributed by atoms with Crippen molar-refractivity contribution in [1.29, 1.82) is 0 Å². The van der Waals surface area contributed by atoms with Gasteiger partial charge in [0.15, 0.2) is 5.82 Å². The molecular weight excluding hydrogens is 228 g/mol. The number of nitrogens with zero attached hydrogens (tertiary/aromatic N) is 2. The fourth-order valence-electron chi connectivity index (χ4n) is 2.71. The molecule has 5 nitrogen and oxygen atoms in total. The van der Waals surface area contributed by atoms with E-state index in [4.69, 9.17) is 0 Å². The number of carbonyl (C=O) groups is 1. The second kappa shape index (κ2) is 5.52. The third kappa shape index (κ3) is 2.72. The van der Waals surface area contributed by atoms with Crippen molar-refractivity contribution in [3.8, 4) is 0 Å². The van der Waals surface area contributed by atoms with Crippen LogP contribution in [0.25, 0.3) is 0 Å². The predicted molar refractivity (Wildman–Crippen MR) is 71.3 cm³/mol. The van der Waals surface area contributed by atoms with E-state index in [1.807, 2.05) is 19.3 Å². The molecule has 1 aliphatic rings. The summed E-state index contributed by atoms with van der Waals surface area (Å²) in [5, 5.41) is 10.5. The molecule has 1 saturated heterocycles. The zero-order chi connectivity index (χ0) is 13.0. The van der Waals surface area contributed by atoms with Gasteiger partial charge >= 0.3 is 0 Å². The number of aryl methyl sites for hydroxylation is 1. The van der Waals surface area contributed by atoms with Crippen LogP contribution in [0.3, 0.4) is 0 Å². The Hall–Kier alpha value is -1.36. The van der Waals surface area contributed by atoms with E-state index in [1.165, 1.54) is 0 Å². The predicted octanol–water partition coefficient (Wildman–Crippen LogP) is 1.53. The lowest BCUT2D eigenvalue weighted by Gasteiger charge is -2.35. The van der Waals surface area contributed by atoms with E-state index in [9.17, 15) is 4.79 Å². The molecule has 0 bridgehead atoms. The minimum atomic E-state index is -0.211. The van der Waals surface area contributed by atoms with Crippen molar-refractivity contribution in [2.75, 3.05) is 18.4 Å². The van der Waals surface area contributed by atoms with Gasteiger partial charge in [-0.3, -0.25) is 9.48 Å². The van der Waals surface area contributed by atoms with Crippen LogP contribution in [-0.4, -0.2) is 28.8 Å². The molecule has 5 heteroatoms. The maximum atomic E-state index is 12.5. The Morgan fingerprint density at radius 1 is 1.56 bits per heavy atom. The molecule has 0 aliphatic carbocycles. The fraction of sp³-hybridized carbons (Fsp3) is 0.692. The monoisotopic (exact) mass is 250 g/mol.